The Hall–Kier alpha value is -2.62. The Kier molecular flexibility index (Phi) is 7.36. The number of halogens is 2. The molecule has 0 spiro atoms. The zero-order valence-electron chi connectivity index (χ0n) is 18.9. The molecular formula is C23H29ClFN5O2S. The Morgan fingerprint density at radius 2 is 2.00 bits per heavy atom. The third-order valence-corrected chi connectivity index (χ3v) is 7.24. The fraction of sp³-hybridized carbons (Fsp3) is 0.348. The molecule has 3 rings (SSSR count). The van der Waals surface area contributed by atoms with Crippen molar-refractivity contribution in [3.63, 3.8) is 0 Å². The molecule has 1 heterocycles. The maximum absolute atomic E-state index is 14.4. The number of benzene rings is 2. The minimum atomic E-state index is -4.03. The van der Waals surface area contributed by atoms with Crippen LogP contribution < -0.4 is 15.9 Å². The van der Waals surface area contributed by atoms with Crippen LogP contribution in [0.4, 0.5) is 10.1 Å². The minimum Gasteiger partial charge on any atom is -0.327 e. The van der Waals surface area contributed by atoms with E-state index < -0.39 is 15.8 Å². The second-order valence-corrected chi connectivity index (χ2v) is 11.0. The van der Waals surface area contributed by atoms with Gasteiger partial charge in [0.05, 0.1) is 15.6 Å². The van der Waals surface area contributed by atoms with E-state index in [4.69, 9.17) is 17.4 Å². The fourth-order valence-corrected chi connectivity index (χ4v) is 4.95. The normalized spacial score (nSPS) is 17.1. The molecule has 1 aliphatic rings. The molecule has 0 amide bonds. The van der Waals surface area contributed by atoms with Gasteiger partial charge in [-0.3, -0.25) is 4.72 Å². The molecule has 1 fully saturated rings. The van der Waals surface area contributed by atoms with Gasteiger partial charge in [-0.05, 0) is 48.3 Å². The van der Waals surface area contributed by atoms with Crippen LogP contribution in [0.1, 0.15) is 38.3 Å². The van der Waals surface area contributed by atoms with E-state index in [0.29, 0.717) is 6.54 Å². The molecule has 0 bridgehead atoms. The molecule has 2 aromatic carbocycles. The van der Waals surface area contributed by atoms with Crippen LogP contribution in [0.15, 0.2) is 59.2 Å². The van der Waals surface area contributed by atoms with Crippen molar-refractivity contribution in [3.05, 3.63) is 71.1 Å². The highest BCUT2D eigenvalue weighted by molar-refractivity contribution is 7.92. The number of nitrogens with two attached hydrogens (primary N) is 1. The summed E-state index contributed by atoms with van der Waals surface area (Å²) in [7, 11) is -4.03. The first-order valence-electron chi connectivity index (χ1n) is 10.5. The summed E-state index contributed by atoms with van der Waals surface area (Å²) in [6.07, 6.45) is 2.37. The molecule has 4 N–H and O–H groups in total. The fourth-order valence-electron chi connectivity index (χ4n) is 3.71. The number of nitrogens with zero attached hydrogens (tertiary/aromatic N) is 2. The van der Waals surface area contributed by atoms with E-state index in [2.05, 4.69) is 21.7 Å². The summed E-state index contributed by atoms with van der Waals surface area (Å²) in [6, 6.07) is 8.90. The van der Waals surface area contributed by atoms with Gasteiger partial charge in [0.2, 0.25) is 0 Å². The minimum absolute atomic E-state index is 0.00280. The van der Waals surface area contributed by atoms with Crippen molar-refractivity contribution in [2.24, 2.45) is 10.9 Å². The molecule has 0 saturated carbocycles. The number of rotatable bonds is 6. The number of anilines is 1. The summed E-state index contributed by atoms with van der Waals surface area (Å²) in [5.74, 6) is 5.15. The molecule has 178 valence electrons. The van der Waals surface area contributed by atoms with E-state index in [1.165, 1.54) is 18.2 Å². The van der Waals surface area contributed by atoms with Crippen LogP contribution in [0.25, 0.3) is 0 Å². The Labute approximate surface area is 199 Å². The average molecular weight is 494 g/mol. The third-order valence-electron chi connectivity index (χ3n) is 5.57. The summed E-state index contributed by atoms with van der Waals surface area (Å²) in [5, 5.41) is 6.94. The SMILES string of the molecule is C=CN(/C(=N\N)c1cc(Cl)c(F)cc1NS(=O)(=O)c1ccc(C(C)(C)C)cc1)[C@H]1CCNC1. The van der Waals surface area contributed by atoms with Crippen LogP contribution in [-0.4, -0.2) is 38.3 Å². The van der Waals surface area contributed by atoms with Gasteiger partial charge in [0.1, 0.15) is 5.82 Å². The maximum Gasteiger partial charge on any atom is 0.261 e. The van der Waals surface area contributed by atoms with Gasteiger partial charge in [0.15, 0.2) is 5.84 Å². The third kappa shape index (κ3) is 5.48. The van der Waals surface area contributed by atoms with Crippen molar-refractivity contribution >= 4 is 33.1 Å². The second-order valence-electron chi connectivity index (χ2n) is 8.88. The van der Waals surface area contributed by atoms with Crippen LogP contribution in [0.5, 0.6) is 0 Å². The molecule has 10 heteroatoms. The second kappa shape index (κ2) is 9.70. The molecule has 0 aromatic heterocycles. The van der Waals surface area contributed by atoms with Crippen molar-refractivity contribution in [2.75, 3.05) is 17.8 Å². The summed E-state index contributed by atoms with van der Waals surface area (Å²) in [6.45, 7) is 11.4. The molecule has 0 unspecified atom stereocenters. The van der Waals surface area contributed by atoms with Crippen LogP contribution in [-0.2, 0) is 15.4 Å². The van der Waals surface area contributed by atoms with Crippen molar-refractivity contribution in [1.82, 2.24) is 10.2 Å². The smallest absolute Gasteiger partial charge is 0.261 e. The van der Waals surface area contributed by atoms with E-state index in [0.717, 1.165) is 24.6 Å². The van der Waals surface area contributed by atoms with Crippen molar-refractivity contribution < 1.29 is 12.8 Å². The lowest BCUT2D eigenvalue weighted by atomic mass is 9.87. The van der Waals surface area contributed by atoms with Crippen molar-refractivity contribution in [1.29, 1.82) is 0 Å². The molecule has 33 heavy (non-hydrogen) atoms. The van der Waals surface area contributed by atoms with Gasteiger partial charge in [-0.25, -0.2) is 12.8 Å². The molecule has 1 saturated heterocycles. The predicted octanol–water partition coefficient (Wildman–Crippen LogP) is 4.01. The van der Waals surface area contributed by atoms with Crippen LogP contribution in [0.3, 0.4) is 0 Å². The highest BCUT2D eigenvalue weighted by Gasteiger charge is 2.28. The Morgan fingerprint density at radius 1 is 1.33 bits per heavy atom. The number of hydrazone groups is 1. The van der Waals surface area contributed by atoms with Gasteiger partial charge in [-0.2, -0.15) is 5.10 Å². The van der Waals surface area contributed by atoms with Crippen molar-refractivity contribution in [3.8, 4) is 0 Å². The number of nitrogens with one attached hydrogen (secondary N) is 2. The Bertz CT molecular complexity index is 1150. The molecule has 1 aliphatic heterocycles. The topological polar surface area (TPSA) is 99.8 Å². The average Bonchev–Trinajstić information content (AvgIpc) is 3.28. The van der Waals surface area contributed by atoms with E-state index >= 15 is 0 Å². The predicted molar refractivity (Wildman–Crippen MR) is 131 cm³/mol. The number of hydrogen-bond acceptors (Lipinski definition) is 5. The lowest BCUT2D eigenvalue weighted by Crippen LogP contribution is -2.39. The first-order chi connectivity index (χ1) is 15.5. The Balaban J connectivity index is 2.02. The highest BCUT2D eigenvalue weighted by Crippen LogP contribution is 2.30. The van der Waals surface area contributed by atoms with E-state index in [1.54, 1.807) is 23.2 Å². The quantitative estimate of drug-likeness (QED) is 0.244. The monoisotopic (exact) mass is 493 g/mol. The highest BCUT2D eigenvalue weighted by atomic mass is 35.5. The molecule has 2 aromatic rings. The van der Waals surface area contributed by atoms with Gasteiger partial charge in [-0.1, -0.05) is 51.1 Å². The lowest BCUT2D eigenvalue weighted by Gasteiger charge is -2.28. The molecule has 0 aliphatic carbocycles. The van der Waals surface area contributed by atoms with Gasteiger partial charge in [0.25, 0.3) is 10.0 Å². The van der Waals surface area contributed by atoms with Crippen LogP contribution in [0.2, 0.25) is 5.02 Å². The molecular weight excluding hydrogens is 465 g/mol. The van der Waals surface area contributed by atoms with Crippen LogP contribution in [0, 0.1) is 5.82 Å². The zero-order valence-corrected chi connectivity index (χ0v) is 20.5. The van der Waals surface area contributed by atoms with Gasteiger partial charge < -0.3 is 16.1 Å². The molecule has 1 atom stereocenters. The number of amidine groups is 1. The first-order valence-corrected chi connectivity index (χ1v) is 12.4. The Morgan fingerprint density at radius 3 is 2.52 bits per heavy atom. The van der Waals surface area contributed by atoms with Crippen LogP contribution >= 0.6 is 11.6 Å². The summed E-state index contributed by atoms with van der Waals surface area (Å²) < 4.78 is 43.1. The number of hydrogen-bond donors (Lipinski definition) is 3. The maximum atomic E-state index is 14.4. The molecule has 0 radical (unpaired) electrons. The summed E-state index contributed by atoms with van der Waals surface area (Å²) in [4.78, 5) is 1.78. The van der Waals surface area contributed by atoms with E-state index in [9.17, 15) is 12.8 Å². The lowest BCUT2D eigenvalue weighted by molar-refractivity contribution is 0.427. The van der Waals surface area contributed by atoms with Gasteiger partial charge in [-0.15, -0.1) is 0 Å². The zero-order chi connectivity index (χ0) is 24.4. The molecule has 7 nitrogen and oxygen atoms in total. The standard InChI is InChI=1S/C23H29ClFN5O2S/c1-5-30(16-10-11-27-14-16)22(28-26)18-12-19(24)20(25)13-21(18)29-33(31,32)17-8-6-15(7-9-17)23(2,3)4/h5-9,12-13,16,27,29H,1,10-11,14,26H2,2-4H3/b28-22-/t16-/m0/s1. The van der Waals surface area contributed by atoms with E-state index in [1.807, 2.05) is 20.8 Å². The largest absolute Gasteiger partial charge is 0.327 e. The van der Waals surface area contributed by atoms with Gasteiger partial charge in [0, 0.05) is 24.2 Å². The van der Waals surface area contributed by atoms with Crippen molar-refractivity contribution in [2.45, 2.75) is 43.5 Å². The summed E-state index contributed by atoms with van der Waals surface area (Å²) >= 11 is 6.04. The van der Waals surface area contributed by atoms with E-state index in [-0.39, 0.29) is 38.5 Å². The summed E-state index contributed by atoms with van der Waals surface area (Å²) in [5.41, 5.74) is 1.08. The van der Waals surface area contributed by atoms with Gasteiger partial charge >= 0.3 is 0 Å². The number of sulfonamides is 1. The first kappa shape index (κ1) is 25.0.